The van der Waals surface area contributed by atoms with Gasteiger partial charge in [0.25, 0.3) is 0 Å². The topological polar surface area (TPSA) is 78.3 Å². The van der Waals surface area contributed by atoms with Crippen LogP contribution in [0.3, 0.4) is 0 Å². The SMILES string of the molecule is CC1=CC(=O)C(C(=O)/C=C/c2cn(-c3ccccc3)nc2-c2ccc(C)cc2)C(=O)O1. The Balaban J connectivity index is 1.70. The largest absolute Gasteiger partial charge is 0.430 e. The number of benzene rings is 2. The van der Waals surface area contributed by atoms with Crippen LogP contribution in [0.15, 0.2) is 78.7 Å². The highest BCUT2D eigenvalue weighted by atomic mass is 16.5. The van der Waals surface area contributed by atoms with Crippen molar-refractivity contribution in [3.63, 3.8) is 0 Å². The Labute approximate surface area is 179 Å². The molecule has 154 valence electrons. The summed E-state index contributed by atoms with van der Waals surface area (Å²) < 4.78 is 6.67. The van der Waals surface area contributed by atoms with Crippen molar-refractivity contribution in [3.8, 4) is 16.9 Å². The average Bonchev–Trinajstić information content (AvgIpc) is 3.17. The second kappa shape index (κ2) is 8.36. The van der Waals surface area contributed by atoms with Gasteiger partial charge in [0.15, 0.2) is 17.5 Å². The minimum Gasteiger partial charge on any atom is -0.430 e. The molecule has 6 nitrogen and oxygen atoms in total. The highest BCUT2D eigenvalue weighted by molar-refractivity contribution is 6.25. The van der Waals surface area contributed by atoms with Crippen molar-refractivity contribution < 1.29 is 19.1 Å². The summed E-state index contributed by atoms with van der Waals surface area (Å²) in [4.78, 5) is 36.8. The van der Waals surface area contributed by atoms with Gasteiger partial charge in [-0.25, -0.2) is 4.68 Å². The van der Waals surface area contributed by atoms with Gasteiger partial charge in [-0.15, -0.1) is 0 Å². The number of aryl methyl sites for hydroxylation is 1. The fraction of sp³-hybridized carbons (Fsp3) is 0.120. The van der Waals surface area contributed by atoms with E-state index in [-0.39, 0.29) is 5.76 Å². The van der Waals surface area contributed by atoms with Gasteiger partial charge >= 0.3 is 5.97 Å². The van der Waals surface area contributed by atoms with Crippen LogP contribution in [0.2, 0.25) is 0 Å². The van der Waals surface area contributed by atoms with E-state index < -0.39 is 23.5 Å². The Hall–Kier alpha value is -4.06. The molecule has 0 amide bonds. The molecule has 0 spiro atoms. The molecule has 1 unspecified atom stereocenters. The van der Waals surface area contributed by atoms with Crippen molar-refractivity contribution >= 4 is 23.6 Å². The molecule has 1 atom stereocenters. The molecule has 1 aliphatic heterocycles. The maximum absolute atomic E-state index is 12.6. The van der Waals surface area contributed by atoms with Gasteiger partial charge in [0, 0.05) is 23.4 Å². The summed E-state index contributed by atoms with van der Waals surface area (Å²) in [5, 5.41) is 4.70. The fourth-order valence-electron chi connectivity index (χ4n) is 3.33. The maximum atomic E-state index is 12.6. The minimum atomic E-state index is -1.47. The predicted octanol–water partition coefficient (Wildman–Crippen LogP) is 4.08. The van der Waals surface area contributed by atoms with Crippen LogP contribution in [-0.4, -0.2) is 27.3 Å². The van der Waals surface area contributed by atoms with Crippen LogP contribution in [0.1, 0.15) is 18.1 Å². The fourth-order valence-corrected chi connectivity index (χ4v) is 3.33. The Bertz CT molecular complexity index is 1220. The van der Waals surface area contributed by atoms with Crippen LogP contribution >= 0.6 is 0 Å². The number of nitrogens with zero attached hydrogens (tertiary/aromatic N) is 2. The van der Waals surface area contributed by atoms with Crippen LogP contribution < -0.4 is 0 Å². The molecule has 6 heteroatoms. The first-order valence-corrected chi connectivity index (χ1v) is 9.80. The van der Waals surface area contributed by atoms with Gasteiger partial charge < -0.3 is 4.74 Å². The summed E-state index contributed by atoms with van der Waals surface area (Å²) in [5.41, 5.74) is 4.24. The van der Waals surface area contributed by atoms with Crippen molar-refractivity contribution in [1.82, 2.24) is 9.78 Å². The number of ether oxygens (including phenoxy) is 1. The van der Waals surface area contributed by atoms with Crippen molar-refractivity contribution in [2.75, 3.05) is 0 Å². The molecule has 31 heavy (non-hydrogen) atoms. The number of para-hydroxylation sites is 1. The van der Waals surface area contributed by atoms with E-state index in [1.165, 1.54) is 19.1 Å². The molecule has 1 aliphatic rings. The Morgan fingerprint density at radius 1 is 1.03 bits per heavy atom. The first-order chi connectivity index (χ1) is 14.9. The summed E-state index contributed by atoms with van der Waals surface area (Å²) in [6, 6.07) is 17.5. The molecule has 1 aromatic heterocycles. The van der Waals surface area contributed by atoms with Crippen molar-refractivity contribution in [1.29, 1.82) is 0 Å². The van der Waals surface area contributed by atoms with Crippen LogP contribution in [0.4, 0.5) is 0 Å². The number of carbonyl (C=O) groups excluding carboxylic acids is 3. The van der Waals surface area contributed by atoms with Crippen molar-refractivity contribution in [3.05, 3.63) is 89.8 Å². The van der Waals surface area contributed by atoms with Crippen LogP contribution in [-0.2, 0) is 19.1 Å². The summed E-state index contributed by atoms with van der Waals surface area (Å²) in [6.07, 6.45) is 5.79. The van der Waals surface area contributed by atoms with E-state index in [9.17, 15) is 14.4 Å². The van der Waals surface area contributed by atoms with Crippen LogP contribution in [0.5, 0.6) is 0 Å². The zero-order chi connectivity index (χ0) is 22.0. The molecule has 2 heterocycles. The lowest BCUT2D eigenvalue weighted by atomic mass is 9.95. The molecular formula is C25H20N2O4. The van der Waals surface area contributed by atoms with Gasteiger partial charge in [0.05, 0.1) is 11.4 Å². The van der Waals surface area contributed by atoms with E-state index in [2.05, 4.69) is 0 Å². The second-order valence-corrected chi connectivity index (χ2v) is 7.33. The molecule has 3 aromatic rings. The van der Waals surface area contributed by atoms with Gasteiger partial charge in [-0.05, 0) is 38.1 Å². The first-order valence-electron chi connectivity index (χ1n) is 9.80. The molecular weight excluding hydrogens is 392 g/mol. The molecule has 4 rings (SSSR count). The van der Waals surface area contributed by atoms with Crippen molar-refractivity contribution in [2.45, 2.75) is 13.8 Å². The molecule has 0 N–H and O–H groups in total. The lowest BCUT2D eigenvalue weighted by molar-refractivity contribution is -0.151. The smallest absolute Gasteiger partial charge is 0.329 e. The number of allylic oxidation sites excluding steroid dienone is 3. The second-order valence-electron chi connectivity index (χ2n) is 7.33. The molecule has 0 bridgehead atoms. The van der Waals surface area contributed by atoms with Gasteiger partial charge in [0.2, 0.25) is 0 Å². The normalized spacial score (nSPS) is 16.3. The predicted molar refractivity (Wildman–Crippen MR) is 116 cm³/mol. The van der Waals surface area contributed by atoms with E-state index in [1.54, 1.807) is 17.0 Å². The van der Waals surface area contributed by atoms with Gasteiger partial charge in [0.1, 0.15) is 5.76 Å². The summed E-state index contributed by atoms with van der Waals surface area (Å²) >= 11 is 0. The number of aromatic nitrogens is 2. The van der Waals surface area contributed by atoms with Crippen molar-refractivity contribution in [2.24, 2.45) is 5.92 Å². The van der Waals surface area contributed by atoms with Gasteiger partial charge in [-0.2, -0.15) is 5.10 Å². The third-order valence-corrected chi connectivity index (χ3v) is 4.93. The highest BCUT2D eigenvalue weighted by Crippen LogP contribution is 2.26. The zero-order valence-corrected chi connectivity index (χ0v) is 17.1. The third-order valence-electron chi connectivity index (χ3n) is 4.93. The standard InChI is InChI=1S/C25H20N2O4/c1-16-8-10-18(11-9-16)24-19(15-27(26-24)20-6-4-3-5-7-20)12-13-21(28)23-22(29)14-17(2)31-25(23)30/h3-15,23H,1-2H3/b13-12+. The molecule has 0 radical (unpaired) electrons. The van der Waals surface area contributed by atoms with E-state index >= 15 is 0 Å². The van der Waals surface area contributed by atoms with Crippen LogP contribution in [0.25, 0.3) is 23.0 Å². The Kier molecular flexibility index (Phi) is 5.45. The molecule has 0 aliphatic carbocycles. The summed E-state index contributed by atoms with van der Waals surface area (Å²) in [5.74, 6) is -3.32. The number of esters is 1. The van der Waals surface area contributed by atoms with Crippen LogP contribution in [0, 0.1) is 12.8 Å². The lowest BCUT2D eigenvalue weighted by Gasteiger charge is -2.15. The quantitative estimate of drug-likeness (QED) is 0.359. The molecule has 0 saturated carbocycles. The molecule has 0 fully saturated rings. The first kappa shape index (κ1) is 20.2. The number of hydrogen-bond donors (Lipinski definition) is 0. The number of rotatable bonds is 5. The average molecular weight is 412 g/mol. The maximum Gasteiger partial charge on any atom is 0.329 e. The number of cyclic esters (lactones) is 1. The summed E-state index contributed by atoms with van der Waals surface area (Å²) in [6.45, 7) is 3.50. The summed E-state index contributed by atoms with van der Waals surface area (Å²) in [7, 11) is 0. The number of carbonyl (C=O) groups is 3. The van der Waals surface area contributed by atoms with Gasteiger partial charge in [-0.1, -0.05) is 48.0 Å². The zero-order valence-electron chi connectivity index (χ0n) is 17.1. The Morgan fingerprint density at radius 3 is 2.42 bits per heavy atom. The lowest BCUT2D eigenvalue weighted by Crippen LogP contribution is -2.34. The van der Waals surface area contributed by atoms with Gasteiger partial charge in [-0.3, -0.25) is 14.4 Å². The monoisotopic (exact) mass is 412 g/mol. The molecule has 2 aromatic carbocycles. The van der Waals surface area contributed by atoms with E-state index in [4.69, 9.17) is 9.84 Å². The Morgan fingerprint density at radius 2 is 1.74 bits per heavy atom. The van der Waals surface area contributed by atoms with E-state index in [1.807, 2.05) is 61.5 Å². The molecule has 0 saturated heterocycles. The van der Waals surface area contributed by atoms with E-state index in [0.717, 1.165) is 16.8 Å². The third kappa shape index (κ3) is 4.28. The number of ketones is 2. The van der Waals surface area contributed by atoms with E-state index in [0.29, 0.717) is 11.3 Å². The number of hydrogen-bond acceptors (Lipinski definition) is 5. The highest BCUT2D eigenvalue weighted by Gasteiger charge is 2.36. The minimum absolute atomic E-state index is 0.189.